The van der Waals surface area contributed by atoms with Crippen molar-refractivity contribution in [2.45, 2.75) is 31.7 Å². The van der Waals surface area contributed by atoms with Gasteiger partial charge in [-0.3, -0.25) is 9.36 Å². The van der Waals surface area contributed by atoms with Crippen molar-refractivity contribution < 1.29 is 13.2 Å². The molecule has 3 aromatic carbocycles. The Kier molecular flexibility index (Phi) is 6.29. The minimum atomic E-state index is -3.90. The SMILES string of the molecule is COc1cccc(S(=O)(=O)N(C)C(C)c2nc3ccccc3c(=O)n2-c2ccc(C)cc2C)c1. The number of para-hydroxylation sites is 1. The Morgan fingerprint density at radius 3 is 2.44 bits per heavy atom. The quantitative estimate of drug-likeness (QED) is 0.411. The molecule has 1 heterocycles. The van der Waals surface area contributed by atoms with Gasteiger partial charge < -0.3 is 4.74 Å². The van der Waals surface area contributed by atoms with E-state index in [1.54, 1.807) is 43.3 Å². The summed E-state index contributed by atoms with van der Waals surface area (Å²) in [6.45, 7) is 5.64. The number of ether oxygens (including phenoxy) is 1. The van der Waals surface area contributed by atoms with Crippen molar-refractivity contribution in [3.8, 4) is 11.4 Å². The summed E-state index contributed by atoms with van der Waals surface area (Å²) in [6.07, 6.45) is 0. The van der Waals surface area contributed by atoms with Crippen molar-refractivity contribution in [3.63, 3.8) is 0 Å². The second-order valence-corrected chi connectivity index (χ2v) is 10.3. The maximum atomic E-state index is 13.7. The van der Waals surface area contributed by atoms with Gasteiger partial charge in [0.1, 0.15) is 11.6 Å². The average molecular weight is 478 g/mol. The molecule has 1 aromatic heterocycles. The van der Waals surface area contributed by atoms with Gasteiger partial charge in [0.25, 0.3) is 5.56 Å². The third-order valence-electron chi connectivity index (χ3n) is 6.03. The highest BCUT2D eigenvalue weighted by molar-refractivity contribution is 7.89. The third kappa shape index (κ3) is 4.10. The zero-order chi connectivity index (χ0) is 24.6. The van der Waals surface area contributed by atoms with E-state index in [4.69, 9.17) is 9.72 Å². The van der Waals surface area contributed by atoms with Gasteiger partial charge in [-0.05, 0) is 56.7 Å². The summed E-state index contributed by atoms with van der Waals surface area (Å²) >= 11 is 0. The number of sulfonamides is 1. The van der Waals surface area contributed by atoms with E-state index in [-0.39, 0.29) is 10.5 Å². The smallest absolute Gasteiger partial charge is 0.266 e. The zero-order valence-corrected chi connectivity index (χ0v) is 20.6. The molecule has 1 unspecified atom stereocenters. The molecule has 0 N–H and O–H groups in total. The van der Waals surface area contributed by atoms with Crippen LogP contribution < -0.4 is 10.3 Å². The molecule has 0 amide bonds. The molecule has 0 bridgehead atoms. The molecule has 1 atom stereocenters. The molecule has 34 heavy (non-hydrogen) atoms. The third-order valence-corrected chi connectivity index (χ3v) is 7.96. The van der Waals surface area contributed by atoms with Crippen LogP contribution in [0.25, 0.3) is 16.6 Å². The van der Waals surface area contributed by atoms with Crippen molar-refractivity contribution in [2.75, 3.05) is 14.2 Å². The van der Waals surface area contributed by atoms with Crippen LogP contribution in [0.15, 0.2) is 76.4 Å². The number of nitrogens with zero attached hydrogens (tertiary/aromatic N) is 3. The molecule has 176 valence electrons. The fraction of sp³-hybridized carbons (Fsp3) is 0.231. The first-order valence-corrected chi connectivity index (χ1v) is 12.3. The highest BCUT2D eigenvalue weighted by Gasteiger charge is 2.30. The zero-order valence-electron chi connectivity index (χ0n) is 19.8. The van der Waals surface area contributed by atoms with Crippen molar-refractivity contribution in [3.05, 3.63) is 94.0 Å². The Morgan fingerprint density at radius 1 is 1.00 bits per heavy atom. The van der Waals surface area contributed by atoms with E-state index < -0.39 is 16.1 Å². The van der Waals surface area contributed by atoms with Gasteiger partial charge in [0, 0.05) is 13.1 Å². The normalized spacial score (nSPS) is 12.8. The van der Waals surface area contributed by atoms with Crippen LogP contribution in [0.2, 0.25) is 0 Å². The van der Waals surface area contributed by atoms with Crippen molar-refractivity contribution in [1.29, 1.82) is 0 Å². The topological polar surface area (TPSA) is 81.5 Å². The van der Waals surface area contributed by atoms with Gasteiger partial charge >= 0.3 is 0 Å². The molecular formula is C26H27N3O4S. The molecule has 0 radical (unpaired) electrons. The van der Waals surface area contributed by atoms with Gasteiger partial charge in [0.15, 0.2) is 0 Å². The number of hydrogen-bond donors (Lipinski definition) is 0. The Balaban J connectivity index is 1.93. The standard InChI is InChI=1S/C26H27N3O4S/c1-17-13-14-24(18(2)15-17)29-25(27-23-12-7-6-11-22(23)26(29)30)19(3)28(4)34(31,32)21-10-8-9-20(16-21)33-5/h6-16,19H,1-5H3. The molecule has 7 nitrogen and oxygen atoms in total. The lowest BCUT2D eigenvalue weighted by Crippen LogP contribution is -2.35. The largest absolute Gasteiger partial charge is 0.497 e. The first kappa shape index (κ1) is 23.7. The van der Waals surface area contributed by atoms with Crippen molar-refractivity contribution >= 4 is 20.9 Å². The molecule has 0 saturated heterocycles. The van der Waals surface area contributed by atoms with E-state index in [1.807, 2.05) is 32.0 Å². The number of aryl methyl sites for hydroxylation is 2. The first-order chi connectivity index (χ1) is 16.1. The number of aromatic nitrogens is 2. The monoisotopic (exact) mass is 477 g/mol. The molecule has 8 heteroatoms. The minimum Gasteiger partial charge on any atom is -0.497 e. The molecular weight excluding hydrogens is 450 g/mol. The summed E-state index contributed by atoms with van der Waals surface area (Å²) in [5.74, 6) is 0.780. The average Bonchev–Trinajstić information content (AvgIpc) is 2.83. The fourth-order valence-corrected chi connectivity index (χ4v) is 5.38. The van der Waals surface area contributed by atoms with Gasteiger partial charge in [0.05, 0.1) is 34.6 Å². The van der Waals surface area contributed by atoms with Crippen LogP contribution in [0, 0.1) is 13.8 Å². The number of methoxy groups -OCH3 is 1. The van der Waals surface area contributed by atoms with Crippen molar-refractivity contribution in [2.24, 2.45) is 0 Å². The second-order valence-electron chi connectivity index (χ2n) is 8.29. The van der Waals surface area contributed by atoms with Crippen LogP contribution in [0.1, 0.15) is 29.9 Å². The Hall–Kier alpha value is -3.49. The molecule has 4 rings (SSSR count). The molecule has 0 aliphatic heterocycles. The maximum Gasteiger partial charge on any atom is 0.266 e. The maximum absolute atomic E-state index is 13.7. The summed E-state index contributed by atoms with van der Waals surface area (Å²) in [4.78, 5) is 18.5. The van der Waals surface area contributed by atoms with Crippen LogP contribution in [0.3, 0.4) is 0 Å². The van der Waals surface area contributed by atoms with Gasteiger partial charge in [-0.15, -0.1) is 0 Å². The highest BCUT2D eigenvalue weighted by Crippen LogP contribution is 2.29. The Bertz CT molecular complexity index is 1540. The lowest BCUT2D eigenvalue weighted by Gasteiger charge is -2.27. The predicted octanol–water partition coefficient (Wildman–Crippen LogP) is 4.39. The summed E-state index contributed by atoms with van der Waals surface area (Å²) in [7, 11) is -0.924. The molecule has 0 aliphatic carbocycles. The van der Waals surface area contributed by atoms with E-state index >= 15 is 0 Å². The predicted molar refractivity (Wildman–Crippen MR) is 133 cm³/mol. The lowest BCUT2D eigenvalue weighted by molar-refractivity contribution is 0.378. The van der Waals surface area contributed by atoms with Crippen LogP contribution >= 0.6 is 0 Å². The van der Waals surface area contributed by atoms with Crippen LogP contribution in [-0.4, -0.2) is 36.4 Å². The fourth-order valence-electron chi connectivity index (χ4n) is 4.02. The molecule has 0 fully saturated rings. The second kappa shape index (κ2) is 9.04. The van der Waals surface area contributed by atoms with E-state index in [2.05, 4.69) is 0 Å². The Morgan fingerprint density at radius 2 is 1.74 bits per heavy atom. The van der Waals surface area contributed by atoms with Gasteiger partial charge in [-0.1, -0.05) is 35.9 Å². The minimum absolute atomic E-state index is 0.0994. The number of hydrogen-bond acceptors (Lipinski definition) is 5. The summed E-state index contributed by atoms with van der Waals surface area (Å²) in [6, 6.07) is 18.4. The molecule has 4 aromatic rings. The van der Waals surface area contributed by atoms with Gasteiger partial charge in [-0.2, -0.15) is 4.31 Å². The number of rotatable bonds is 6. The number of fused-ring (bicyclic) bond motifs is 1. The van der Waals surface area contributed by atoms with Gasteiger partial charge in [0.2, 0.25) is 10.0 Å². The van der Waals surface area contributed by atoms with E-state index in [0.717, 1.165) is 11.1 Å². The van der Waals surface area contributed by atoms with Crippen LogP contribution in [0.5, 0.6) is 5.75 Å². The van der Waals surface area contributed by atoms with E-state index in [9.17, 15) is 13.2 Å². The first-order valence-electron chi connectivity index (χ1n) is 10.9. The van der Waals surface area contributed by atoms with Crippen LogP contribution in [-0.2, 0) is 10.0 Å². The van der Waals surface area contributed by atoms with Crippen LogP contribution in [0.4, 0.5) is 0 Å². The lowest BCUT2D eigenvalue weighted by atomic mass is 10.1. The molecule has 0 spiro atoms. The summed E-state index contributed by atoms with van der Waals surface area (Å²) in [5.41, 5.74) is 2.90. The van der Waals surface area contributed by atoms with E-state index in [1.165, 1.54) is 35.2 Å². The molecule has 0 aliphatic rings. The highest BCUT2D eigenvalue weighted by atomic mass is 32.2. The van der Waals surface area contributed by atoms with Gasteiger partial charge in [-0.25, -0.2) is 13.4 Å². The summed E-state index contributed by atoms with van der Waals surface area (Å²) in [5, 5.41) is 0.469. The molecule has 0 saturated carbocycles. The van der Waals surface area contributed by atoms with Crippen molar-refractivity contribution in [1.82, 2.24) is 13.9 Å². The Labute approximate surface area is 199 Å². The van der Waals surface area contributed by atoms with E-state index in [0.29, 0.717) is 28.2 Å². The number of benzene rings is 3. The summed E-state index contributed by atoms with van der Waals surface area (Å²) < 4.78 is 34.9.